The van der Waals surface area contributed by atoms with Crippen LogP contribution in [0.5, 0.6) is 11.5 Å². The van der Waals surface area contributed by atoms with Crippen molar-refractivity contribution in [3.8, 4) is 11.5 Å². The summed E-state index contributed by atoms with van der Waals surface area (Å²) in [5, 5.41) is 10.2. The van der Waals surface area contributed by atoms with Gasteiger partial charge in [0, 0.05) is 0 Å². The summed E-state index contributed by atoms with van der Waals surface area (Å²) in [6.45, 7) is 3.52. The van der Waals surface area contributed by atoms with E-state index in [-0.39, 0.29) is 17.4 Å². The molecule has 0 radical (unpaired) electrons. The minimum atomic E-state index is -0.668. The molecule has 4 N–H and O–H groups in total. The minimum Gasteiger partial charge on any atom is -0.503 e. The Kier molecular flexibility index (Phi) is 5.14. The van der Waals surface area contributed by atoms with E-state index in [4.69, 9.17) is 9.47 Å². The Labute approximate surface area is 140 Å². The van der Waals surface area contributed by atoms with E-state index in [1.165, 1.54) is 26.0 Å². The molecule has 1 heterocycles. The van der Waals surface area contributed by atoms with Crippen LogP contribution in [0.2, 0.25) is 0 Å². The first-order valence-corrected chi connectivity index (χ1v) is 7.61. The molecule has 0 bridgehead atoms. The molecule has 1 aliphatic heterocycles. The van der Waals surface area contributed by atoms with Crippen LogP contribution in [0.3, 0.4) is 0 Å². The van der Waals surface area contributed by atoms with E-state index in [0.29, 0.717) is 23.6 Å². The zero-order valence-electron chi connectivity index (χ0n) is 14.3. The number of amides is 1. The van der Waals surface area contributed by atoms with Crippen molar-refractivity contribution in [2.75, 3.05) is 20.8 Å². The molecule has 7 heteroatoms. The van der Waals surface area contributed by atoms with E-state index in [9.17, 15) is 14.7 Å². The van der Waals surface area contributed by atoms with E-state index >= 15 is 0 Å². The predicted octanol–water partition coefficient (Wildman–Crippen LogP) is 0.619. The standard InChI is InChI=1S/C17H22N2O5/c1-9(18)8-19-15(14(10(2)20)16(21)17(19)22)11-5-6-12(23-3)13(7-11)24-4/h5-7,9,15,21H,8,18H2,1-4H3/p+1/t9-,15-/m0/s1. The Hall–Kier alpha value is -2.54. The van der Waals surface area contributed by atoms with E-state index in [1.807, 2.05) is 6.92 Å². The van der Waals surface area contributed by atoms with E-state index in [2.05, 4.69) is 5.73 Å². The summed E-state index contributed by atoms with van der Waals surface area (Å²) in [7, 11) is 3.04. The SMILES string of the molecule is COc1ccc([C@H]2C(C(C)=O)=C(O)C(=O)N2C[C@H](C)[NH3+])cc1OC. The first kappa shape index (κ1) is 17.8. The molecule has 2 atom stereocenters. The number of hydrogen-bond acceptors (Lipinski definition) is 5. The first-order valence-electron chi connectivity index (χ1n) is 7.61. The van der Waals surface area contributed by atoms with Gasteiger partial charge in [-0.3, -0.25) is 9.59 Å². The Bertz CT molecular complexity index is 696. The second-order valence-corrected chi connectivity index (χ2v) is 5.90. The Balaban J connectivity index is 2.57. The van der Waals surface area contributed by atoms with Crippen molar-refractivity contribution < 1.29 is 29.9 Å². The molecule has 0 spiro atoms. The lowest BCUT2D eigenvalue weighted by Crippen LogP contribution is -2.63. The smallest absolute Gasteiger partial charge is 0.290 e. The van der Waals surface area contributed by atoms with Crippen molar-refractivity contribution in [2.45, 2.75) is 25.9 Å². The third-order valence-electron chi connectivity index (χ3n) is 3.91. The number of rotatable bonds is 6. The van der Waals surface area contributed by atoms with Gasteiger partial charge in [-0.1, -0.05) is 6.07 Å². The lowest BCUT2D eigenvalue weighted by atomic mass is 9.96. The third-order valence-corrected chi connectivity index (χ3v) is 3.91. The van der Waals surface area contributed by atoms with Gasteiger partial charge in [-0.25, -0.2) is 0 Å². The number of aliphatic hydroxyl groups is 1. The fourth-order valence-electron chi connectivity index (χ4n) is 2.91. The quantitative estimate of drug-likeness (QED) is 0.793. The highest BCUT2D eigenvalue weighted by Crippen LogP contribution is 2.40. The number of benzene rings is 1. The molecule has 0 fully saturated rings. The molecule has 1 aromatic carbocycles. The summed E-state index contributed by atoms with van der Waals surface area (Å²) in [5.41, 5.74) is 4.65. The molecule has 1 aromatic rings. The van der Waals surface area contributed by atoms with Gasteiger partial charge in [0.15, 0.2) is 23.0 Å². The van der Waals surface area contributed by atoms with Crippen LogP contribution in [-0.2, 0) is 9.59 Å². The van der Waals surface area contributed by atoms with Gasteiger partial charge < -0.3 is 25.2 Å². The van der Waals surface area contributed by atoms with Crippen molar-refractivity contribution >= 4 is 11.7 Å². The van der Waals surface area contributed by atoms with Crippen LogP contribution in [0.15, 0.2) is 29.5 Å². The van der Waals surface area contributed by atoms with Crippen LogP contribution >= 0.6 is 0 Å². The molecular weight excluding hydrogens is 312 g/mol. The minimum absolute atomic E-state index is 0.0595. The van der Waals surface area contributed by atoms with Gasteiger partial charge in [-0.05, 0) is 31.5 Å². The van der Waals surface area contributed by atoms with Crippen LogP contribution < -0.4 is 15.2 Å². The number of methoxy groups -OCH3 is 2. The van der Waals surface area contributed by atoms with E-state index in [0.717, 1.165) is 0 Å². The zero-order valence-corrected chi connectivity index (χ0v) is 14.3. The maximum Gasteiger partial charge on any atom is 0.290 e. The number of aliphatic hydroxyl groups excluding tert-OH is 1. The summed E-state index contributed by atoms with van der Waals surface area (Å²) in [4.78, 5) is 25.9. The highest BCUT2D eigenvalue weighted by atomic mass is 16.5. The summed E-state index contributed by atoms with van der Waals surface area (Å²) >= 11 is 0. The van der Waals surface area contributed by atoms with Crippen LogP contribution in [0, 0.1) is 0 Å². The van der Waals surface area contributed by atoms with E-state index in [1.54, 1.807) is 18.2 Å². The number of nitrogens with zero attached hydrogens (tertiary/aromatic N) is 1. The summed E-state index contributed by atoms with van der Waals surface area (Å²) < 4.78 is 10.5. The van der Waals surface area contributed by atoms with E-state index < -0.39 is 17.7 Å². The normalized spacial score (nSPS) is 18.8. The first-order chi connectivity index (χ1) is 11.3. The maximum atomic E-state index is 12.4. The van der Waals surface area contributed by atoms with Gasteiger partial charge in [0.25, 0.3) is 5.91 Å². The molecule has 1 aliphatic rings. The van der Waals surface area contributed by atoms with Gasteiger partial charge in [-0.2, -0.15) is 0 Å². The zero-order chi connectivity index (χ0) is 18.0. The van der Waals surface area contributed by atoms with Crippen molar-refractivity contribution in [1.82, 2.24) is 4.90 Å². The van der Waals surface area contributed by atoms with Gasteiger partial charge >= 0.3 is 0 Å². The van der Waals surface area contributed by atoms with Crippen molar-refractivity contribution in [3.05, 3.63) is 35.1 Å². The van der Waals surface area contributed by atoms with Crippen LogP contribution in [0.25, 0.3) is 0 Å². The number of ether oxygens (including phenoxy) is 2. The van der Waals surface area contributed by atoms with Crippen molar-refractivity contribution in [1.29, 1.82) is 0 Å². The number of ketones is 1. The van der Waals surface area contributed by atoms with Crippen molar-refractivity contribution in [2.24, 2.45) is 0 Å². The molecule has 0 unspecified atom stereocenters. The third kappa shape index (κ3) is 3.07. The largest absolute Gasteiger partial charge is 0.503 e. The van der Waals surface area contributed by atoms with Gasteiger partial charge in [0.2, 0.25) is 0 Å². The number of carbonyl (C=O) groups is 2. The topological polar surface area (TPSA) is 104 Å². The highest BCUT2D eigenvalue weighted by molar-refractivity contribution is 6.08. The fraction of sp³-hybridized carbons (Fsp3) is 0.412. The average molecular weight is 335 g/mol. The molecule has 7 nitrogen and oxygen atoms in total. The molecule has 24 heavy (non-hydrogen) atoms. The average Bonchev–Trinajstić information content (AvgIpc) is 2.78. The van der Waals surface area contributed by atoms with Crippen molar-refractivity contribution in [3.63, 3.8) is 0 Å². The maximum absolute atomic E-state index is 12.4. The van der Waals surface area contributed by atoms with Crippen LogP contribution in [-0.4, -0.2) is 48.5 Å². The lowest BCUT2D eigenvalue weighted by Gasteiger charge is -2.27. The lowest BCUT2D eigenvalue weighted by molar-refractivity contribution is -0.415. The molecule has 2 rings (SSSR count). The number of quaternary nitrogens is 1. The van der Waals surface area contributed by atoms with Gasteiger partial charge in [0.1, 0.15) is 0 Å². The number of Topliss-reactive ketones (excluding diaryl/α,β-unsaturated/α-hetero) is 1. The molecule has 0 aliphatic carbocycles. The monoisotopic (exact) mass is 335 g/mol. The molecule has 1 amide bonds. The fourth-order valence-corrected chi connectivity index (χ4v) is 2.91. The second-order valence-electron chi connectivity index (χ2n) is 5.90. The summed E-state index contributed by atoms with van der Waals surface area (Å²) in [5.74, 6) is -0.377. The summed E-state index contributed by atoms with van der Waals surface area (Å²) in [6.07, 6.45) is 0. The highest BCUT2D eigenvalue weighted by Gasteiger charge is 2.43. The van der Waals surface area contributed by atoms with Crippen LogP contribution in [0.4, 0.5) is 0 Å². The van der Waals surface area contributed by atoms with Gasteiger partial charge in [0.05, 0.1) is 38.4 Å². The van der Waals surface area contributed by atoms with Gasteiger partial charge in [-0.15, -0.1) is 0 Å². The molecule has 0 saturated carbocycles. The molecular formula is C17H23N2O5+. The molecule has 0 aromatic heterocycles. The molecule has 0 saturated heterocycles. The summed E-state index contributed by atoms with van der Waals surface area (Å²) in [6, 6.07) is 4.44. The Morgan fingerprint density at radius 3 is 2.46 bits per heavy atom. The Morgan fingerprint density at radius 2 is 1.96 bits per heavy atom. The second kappa shape index (κ2) is 6.92. The number of hydrogen-bond donors (Lipinski definition) is 2. The Morgan fingerprint density at radius 1 is 1.33 bits per heavy atom. The van der Waals surface area contributed by atoms with Crippen LogP contribution in [0.1, 0.15) is 25.5 Å². The molecule has 130 valence electrons. The predicted molar refractivity (Wildman–Crippen MR) is 86.7 cm³/mol. The number of carbonyl (C=O) groups excluding carboxylic acids is 2.